The maximum atomic E-state index is 14.0. The van der Waals surface area contributed by atoms with Gasteiger partial charge in [0.15, 0.2) is 0 Å². The number of hydrogen-bond donors (Lipinski definition) is 2. The van der Waals surface area contributed by atoms with Crippen molar-refractivity contribution in [1.29, 1.82) is 0 Å². The zero-order valence-electron chi connectivity index (χ0n) is 21.7. The topological polar surface area (TPSA) is 95.0 Å². The van der Waals surface area contributed by atoms with Gasteiger partial charge in [0.2, 0.25) is 5.88 Å². The Hall–Kier alpha value is -4.12. The molecule has 0 spiro atoms. The van der Waals surface area contributed by atoms with Crippen molar-refractivity contribution in [3.05, 3.63) is 77.7 Å². The van der Waals surface area contributed by atoms with E-state index in [4.69, 9.17) is 4.74 Å². The number of nitrogens with zero attached hydrogens (tertiary/aromatic N) is 3. The van der Waals surface area contributed by atoms with E-state index in [1.807, 2.05) is 6.92 Å². The number of halogens is 3. The number of fused-ring (bicyclic) bond motifs is 1. The molecule has 8 nitrogen and oxygen atoms in total. The van der Waals surface area contributed by atoms with Crippen molar-refractivity contribution in [3.63, 3.8) is 0 Å². The predicted molar refractivity (Wildman–Crippen MR) is 139 cm³/mol. The summed E-state index contributed by atoms with van der Waals surface area (Å²) in [6.07, 6.45) is 0.804. The van der Waals surface area contributed by atoms with Crippen LogP contribution in [0, 0.1) is 23.4 Å². The smallest absolute Gasteiger partial charge is 0.321 e. The molecule has 4 rings (SSSR count). The maximum absolute atomic E-state index is 14.0. The number of ether oxygens (including phenoxy) is 1. The lowest BCUT2D eigenvalue weighted by atomic mass is 9.99. The third-order valence-corrected chi connectivity index (χ3v) is 6.65. The van der Waals surface area contributed by atoms with E-state index in [0.717, 1.165) is 18.2 Å². The van der Waals surface area contributed by atoms with E-state index in [2.05, 4.69) is 10.3 Å². The van der Waals surface area contributed by atoms with E-state index >= 15 is 0 Å². The van der Waals surface area contributed by atoms with Gasteiger partial charge in [-0.2, -0.15) is 0 Å². The number of anilines is 1. The van der Waals surface area contributed by atoms with E-state index in [9.17, 15) is 27.9 Å². The SMILES string of the molecule is C[C@H]1CN([C@@H](C)CO)C(=O)c2cc(-c3cccc(F)c3)cnc2O[C@@H]1CN(C)C(=O)Nc1cc(F)ccc1F. The van der Waals surface area contributed by atoms with Gasteiger partial charge in [-0.25, -0.2) is 22.9 Å². The lowest BCUT2D eigenvalue weighted by Crippen LogP contribution is -2.50. The molecule has 3 atom stereocenters. The minimum Gasteiger partial charge on any atom is -0.472 e. The molecule has 0 aliphatic carbocycles. The predicted octanol–water partition coefficient (Wildman–Crippen LogP) is 4.55. The molecule has 0 unspecified atom stereocenters. The molecule has 0 saturated heterocycles. The molecule has 2 N–H and O–H groups in total. The van der Waals surface area contributed by atoms with Crippen molar-refractivity contribution < 1.29 is 32.6 Å². The van der Waals surface area contributed by atoms with Crippen LogP contribution in [-0.4, -0.2) is 70.7 Å². The van der Waals surface area contributed by atoms with Crippen molar-refractivity contribution in [1.82, 2.24) is 14.8 Å². The molecule has 2 aromatic carbocycles. The van der Waals surface area contributed by atoms with E-state index in [-0.39, 0.29) is 42.7 Å². The molecule has 1 aliphatic heterocycles. The Balaban J connectivity index is 1.63. The van der Waals surface area contributed by atoms with Gasteiger partial charge in [-0.05, 0) is 42.8 Å². The number of nitrogens with one attached hydrogen (secondary N) is 1. The molecule has 39 heavy (non-hydrogen) atoms. The summed E-state index contributed by atoms with van der Waals surface area (Å²) in [4.78, 5) is 33.5. The molecule has 3 aromatic rings. The second-order valence-corrected chi connectivity index (χ2v) is 9.64. The average Bonchev–Trinajstić information content (AvgIpc) is 2.91. The quantitative estimate of drug-likeness (QED) is 0.477. The van der Waals surface area contributed by atoms with Gasteiger partial charge in [0.1, 0.15) is 29.1 Å². The van der Waals surface area contributed by atoms with Gasteiger partial charge in [-0.15, -0.1) is 0 Å². The van der Waals surface area contributed by atoms with Crippen molar-refractivity contribution >= 4 is 17.6 Å². The fraction of sp³-hybridized carbons (Fsp3) is 0.321. The van der Waals surface area contributed by atoms with Crippen LogP contribution in [0.2, 0.25) is 0 Å². The molecule has 3 amide bonds. The Bertz CT molecular complexity index is 1370. The zero-order chi connectivity index (χ0) is 28.3. The lowest BCUT2D eigenvalue weighted by molar-refractivity contribution is 0.0356. The van der Waals surface area contributed by atoms with Gasteiger partial charge in [0, 0.05) is 37.3 Å². The van der Waals surface area contributed by atoms with Gasteiger partial charge in [0.05, 0.1) is 24.9 Å². The molecule has 1 aliphatic rings. The van der Waals surface area contributed by atoms with E-state index in [1.54, 1.807) is 25.1 Å². The summed E-state index contributed by atoms with van der Waals surface area (Å²) in [6, 6.07) is 8.96. The molecular formula is C28H29F3N4O4. The molecule has 0 fully saturated rings. The first-order valence-corrected chi connectivity index (χ1v) is 12.4. The number of amides is 3. The summed E-state index contributed by atoms with van der Waals surface area (Å²) in [6.45, 7) is 3.48. The third kappa shape index (κ3) is 6.31. The molecular weight excluding hydrogens is 513 g/mol. The minimum atomic E-state index is -0.784. The van der Waals surface area contributed by atoms with Crippen molar-refractivity contribution in [2.24, 2.45) is 5.92 Å². The summed E-state index contributed by atoms with van der Waals surface area (Å²) >= 11 is 0. The standard InChI is InChI=1S/C28H29F3N4O4/c1-16-13-35(17(2)15-36)27(37)22-10-19(18-5-4-6-20(29)9-18)12-32-26(22)39-25(16)14-34(3)28(38)33-24-11-21(30)7-8-23(24)31/h4-12,16-17,25,36H,13-15H2,1-3H3,(H,33,38)/t16-,17-,25+/m0/s1. The molecule has 1 aromatic heterocycles. The molecule has 0 bridgehead atoms. The van der Waals surface area contributed by atoms with Crippen LogP contribution in [0.15, 0.2) is 54.7 Å². The van der Waals surface area contributed by atoms with Gasteiger partial charge in [-0.1, -0.05) is 19.1 Å². The third-order valence-electron chi connectivity index (χ3n) is 6.65. The molecule has 11 heteroatoms. The highest BCUT2D eigenvalue weighted by Crippen LogP contribution is 2.30. The highest BCUT2D eigenvalue weighted by atomic mass is 19.1. The van der Waals surface area contributed by atoms with E-state index < -0.39 is 41.5 Å². The Kier molecular flexibility index (Phi) is 8.39. The molecule has 2 heterocycles. The number of pyridine rings is 1. The second-order valence-electron chi connectivity index (χ2n) is 9.64. The Morgan fingerprint density at radius 3 is 2.64 bits per heavy atom. The zero-order valence-corrected chi connectivity index (χ0v) is 21.7. The van der Waals surface area contributed by atoms with Crippen LogP contribution in [0.4, 0.5) is 23.7 Å². The number of urea groups is 1. The Labute approximate surface area is 224 Å². The first-order chi connectivity index (χ1) is 18.6. The lowest BCUT2D eigenvalue weighted by Gasteiger charge is -2.37. The second kappa shape index (κ2) is 11.7. The average molecular weight is 543 g/mol. The Morgan fingerprint density at radius 1 is 1.18 bits per heavy atom. The van der Waals surface area contributed by atoms with Crippen LogP contribution >= 0.6 is 0 Å². The van der Waals surface area contributed by atoms with Gasteiger partial charge in [0.25, 0.3) is 5.91 Å². The van der Waals surface area contributed by atoms with Gasteiger partial charge < -0.3 is 25.0 Å². The summed E-state index contributed by atoms with van der Waals surface area (Å²) < 4.78 is 47.6. The maximum Gasteiger partial charge on any atom is 0.321 e. The van der Waals surface area contributed by atoms with Crippen molar-refractivity contribution in [2.75, 3.05) is 32.1 Å². The fourth-order valence-electron chi connectivity index (χ4n) is 4.30. The first-order valence-electron chi connectivity index (χ1n) is 12.4. The summed E-state index contributed by atoms with van der Waals surface area (Å²) in [5.74, 6) is -2.62. The van der Waals surface area contributed by atoms with Gasteiger partial charge >= 0.3 is 6.03 Å². The van der Waals surface area contributed by atoms with Crippen molar-refractivity contribution in [3.8, 4) is 17.0 Å². The largest absolute Gasteiger partial charge is 0.472 e. The number of carbonyl (C=O) groups excluding carboxylic acids is 2. The monoisotopic (exact) mass is 542 g/mol. The number of aliphatic hydroxyl groups excluding tert-OH is 1. The number of hydrogen-bond acceptors (Lipinski definition) is 5. The van der Waals surface area contributed by atoms with Crippen LogP contribution in [0.1, 0.15) is 24.2 Å². The number of aliphatic hydroxyl groups is 1. The van der Waals surface area contributed by atoms with E-state index in [1.165, 1.54) is 35.2 Å². The van der Waals surface area contributed by atoms with Crippen LogP contribution in [0.25, 0.3) is 11.1 Å². The molecule has 206 valence electrons. The number of rotatable bonds is 6. The fourth-order valence-corrected chi connectivity index (χ4v) is 4.30. The van der Waals surface area contributed by atoms with Crippen LogP contribution in [0.5, 0.6) is 5.88 Å². The Morgan fingerprint density at radius 2 is 1.92 bits per heavy atom. The summed E-state index contributed by atoms with van der Waals surface area (Å²) in [7, 11) is 1.47. The number of likely N-dealkylation sites (N-methyl/N-ethyl adjacent to an activating group) is 1. The highest BCUT2D eigenvalue weighted by Gasteiger charge is 2.35. The van der Waals surface area contributed by atoms with E-state index in [0.29, 0.717) is 11.1 Å². The first kappa shape index (κ1) is 27.9. The van der Waals surface area contributed by atoms with Gasteiger partial charge in [-0.3, -0.25) is 4.79 Å². The number of aromatic nitrogens is 1. The minimum absolute atomic E-state index is 0.0201. The van der Waals surface area contributed by atoms with Crippen LogP contribution in [0.3, 0.4) is 0 Å². The van der Waals surface area contributed by atoms with Crippen LogP contribution < -0.4 is 10.1 Å². The molecule has 0 radical (unpaired) electrons. The number of benzene rings is 2. The van der Waals surface area contributed by atoms with Crippen molar-refractivity contribution in [2.45, 2.75) is 26.0 Å². The molecule has 0 saturated carbocycles. The summed E-state index contributed by atoms with van der Waals surface area (Å²) in [5.41, 5.74) is 0.847. The summed E-state index contributed by atoms with van der Waals surface area (Å²) in [5, 5.41) is 12.2. The normalized spacial score (nSPS) is 17.9. The van der Waals surface area contributed by atoms with Crippen LogP contribution in [-0.2, 0) is 0 Å². The number of carbonyl (C=O) groups is 2. The highest BCUT2D eigenvalue weighted by molar-refractivity contribution is 5.98.